The molecule has 0 radical (unpaired) electrons. The van der Waals surface area contributed by atoms with E-state index < -0.39 is 21.7 Å². The van der Waals surface area contributed by atoms with Crippen LogP contribution in [0.25, 0.3) is 0 Å². The number of aryl methyl sites for hydroxylation is 1. The van der Waals surface area contributed by atoms with Crippen LogP contribution in [0.2, 0.25) is 0 Å². The largest absolute Gasteiger partial charge is 0.299 e. The van der Waals surface area contributed by atoms with Gasteiger partial charge < -0.3 is 0 Å². The quantitative estimate of drug-likeness (QED) is 0.516. The zero-order valence-electron chi connectivity index (χ0n) is 17.9. The minimum Gasteiger partial charge on any atom is -0.299 e. The summed E-state index contributed by atoms with van der Waals surface area (Å²) in [4.78, 5) is 2.33. The maximum absolute atomic E-state index is 13.5. The van der Waals surface area contributed by atoms with Crippen LogP contribution < -0.4 is 4.31 Å². The number of nitrogens with zero attached hydrogens (tertiary/aromatic N) is 2. The van der Waals surface area contributed by atoms with Crippen LogP contribution >= 0.6 is 0 Å². The summed E-state index contributed by atoms with van der Waals surface area (Å²) in [5, 5.41) is 0. The molecule has 0 bridgehead atoms. The first-order valence-electron chi connectivity index (χ1n) is 10.7. The lowest BCUT2D eigenvalue weighted by Gasteiger charge is -2.39. The highest BCUT2D eigenvalue weighted by atomic mass is 32.2. The molecule has 0 aliphatic carbocycles. The smallest absolute Gasteiger partial charge is 0.264 e. The van der Waals surface area contributed by atoms with Crippen molar-refractivity contribution in [3.63, 3.8) is 0 Å². The summed E-state index contributed by atoms with van der Waals surface area (Å²) in [5.74, 6) is -0.928. The molecule has 1 fully saturated rings. The van der Waals surface area contributed by atoms with E-state index in [1.54, 1.807) is 0 Å². The van der Waals surface area contributed by atoms with E-state index in [4.69, 9.17) is 0 Å². The number of rotatable bonds is 6. The molecule has 168 valence electrons. The second-order valence-electron chi connectivity index (χ2n) is 8.22. The Balaban J connectivity index is 1.56. The van der Waals surface area contributed by atoms with Crippen molar-refractivity contribution < 1.29 is 17.2 Å². The van der Waals surface area contributed by atoms with E-state index in [2.05, 4.69) is 36.1 Å². The normalized spacial score (nSPS) is 15.6. The van der Waals surface area contributed by atoms with Gasteiger partial charge in [-0.3, -0.25) is 9.21 Å². The van der Waals surface area contributed by atoms with Gasteiger partial charge in [-0.25, -0.2) is 17.2 Å². The van der Waals surface area contributed by atoms with Gasteiger partial charge in [0.15, 0.2) is 0 Å². The van der Waals surface area contributed by atoms with Gasteiger partial charge in [0.2, 0.25) is 0 Å². The van der Waals surface area contributed by atoms with Gasteiger partial charge in [-0.2, -0.15) is 0 Å². The summed E-state index contributed by atoms with van der Waals surface area (Å²) in [5.41, 5.74) is 2.85. The molecule has 0 atom stereocenters. The summed E-state index contributed by atoms with van der Waals surface area (Å²) in [7, 11) is -3.94. The van der Waals surface area contributed by atoms with Gasteiger partial charge in [-0.1, -0.05) is 29.8 Å². The lowest BCUT2D eigenvalue weighted by Crippen LogP contribution is -2.47. The van der Waals surface area contributed by atoms with Crippen LogP contribution in [-0.2, 0) is 16.6 Å². The molecule has 1 aliphatic heterocycles. The van der Waals surface area contributed by atoms with Crippen LogP contribution in [0.4, 0.5) is 14.5 Å². The number of likely N-dealkylation sites (tertiary alicyclic amines) is 1. The van der Waals surface area contributed by atoms with E-state index in [0.29, 0.717) is 18.5 Å². The third kappa shape index (κ3) is 5.00. The third-order valence-electron chi connectivity index (χ3n) is 5.87. The summed E-state index contributed by atoms with van der Waals surface area (Å²) >= 11 is 0. The van der Waals surface area contributed by atoms with Gasteiger partial charge in [0.25, 0.3) is 10.0 Å². The third-order valence-corrected chi connectivity index (χ3v) is 7.76. The highest BCUT2D eigenvalue weighted by molar-refractivity contribution is 7.92. The number of anilines is 1. The molecule has 0 aromatic heterocycles. The Morgan fingerprint density at radius 1 is 0.844 bits per heavy atom. The van der Waals surface area contributed by atoms with Crippen molar-refractivity contribution in [2.75, 3.05) is 17.4 Å². The fraction of sp³-hybridized carbons (Fsp3) is 0.280. The summed E-state index contributed by atoms with van der Waals surface area (Å²) < 4.78 is 55.3. The van der Waals surface area contributed by atoms with E-state index in [0.717, 1.165) is 31.8 Å². The number of benzene rings is 3. The van der Waals surface area contributed by atoms with Crippen molar-refractivity contribution >= 4 is 15.7 Å². The minimum absolute atomic E-state index is 0.0188. The second-order valence-corrected chi connectivity index (χ2v) is 10.0. The van der Waals surface area contributed by atoms with E-state index in [9.17, 15) is 17.2 Å². The first-order valence-corrected chi connectivity index (χ1v) is 12.1. The number of halogens is 2. The van der Waals surface area contributed by atoms with Crippen LogP contribution in [0, 0.1) is 18.6 Å². The molecule has 0 N–H and O–H groups in total. The molecule has 7 heteroatoms. The molecule has 1 aliphatic rings. The summed E-state index contributed by atoms with van der Waals surface area (Å²) in [6.07, 6.45) is 1.29. The SMILES string of the molecule is Cc1ccc(CN2CCC(N(c3ccc(F)cc3)S(=O)(=O)c3ccc(F)cc3)CC2)cc1. The standard InChI is InChI=1S/C25H26F2N2O2S/c1-19-2-4-20(5-3-19)18-28-16-14-24(15-17-28)29(23-10-6-21(26)7-11-23)32(30,31)25-12-8-22(27)9-13-25/h2-13,24H,14-18H2,1H3. The van der Waals surface area contributed by atoms with Gasteiger partial charge >= 0.3 is 0 Å². The average molecular weight is 457 g/mol. The van der Waals surface area contributed by atoms with Gasteiger partial charge in [0.1, 0.15) is 11.6 Å². The van der Waals surface area contributed by atoms with Gasteiger partial charge in [0.05, 0.1) is 10.6 Å². The van der Waals surface area contributed by atoms with Crippen molar-refractivity contribution in [3.8, 4) is 0 Å². The van der Waals surface area contributed by atoms with Crippen molar-refractivity contribution in [3.05, 3.63) is 95.6 Å². The number of piperidine rings is 1. The van der Waals surface area contributed by atoms with Gasteiger partial charge in [0, 0.05) is 25.7 Å². The maximum Gasteiger partial charge on any atom is 0.264 e. The van der Waals surface area contributed by atoms with E-state index in [1.165, 1.54) is 51.8 Å². The number of hydrogen-bond acceptors (Lipinski definition) is 3. The molecule has 0 unspecified atom stereocenters. The molecule has 3 aromatic carbocycles. The van der Waals surface area contributed by atoms with Crippen LogP contribution in [0.3, 0.4) is 0 Å². The molecule has 32 heavy (non-hydrogen) atoms. The minimum atomic E-state index is -3.94. The Hall–Kier alpha value is -2.77. The van der Waals surface area contributed by atoms with E-state index >= 15 is 0 Å². The highest BCUT2D eigenvalue weighted by Crippen LogP contribution is 2.31. The van der Waals surface area contributed by atoms with E-state index in [1.807, 2.05) is 0 Å². The summed E-state index contributed by atoms with van der Waals surface area (Å²) in [6, 6.07) is 18.4. The average Bonchev–Trinajstić information content (AvgIpc) is 2.78. The predicted octanol–water partition coefficient (Wildman–Crippen LogP) is 5.13. The molecule has 3 aromatic rings. The van der Waals surface area contributed by atoms with Gasteiger partial charge in [-0.05, 0) is 73.9 Å². The zero-order chi connectivity index (χ0) is 22.7. The predicted molar refractivity (Wildman–Crippen MR) is 122 cm³/mol. The molecule has 0 spiro atoms. The monoisotopic (exact) mass is 456 g/mol. The maximum atomic E-state index is 13.5. The molecule has 4 rings (SSSR count). The lowest BCUT2D eigenvalue weighted by atomic mass is 10.0. The molecule has 0 saturated carbocycles. The highest BCUT2D eigenvalue weighted by Gasteiger charge is 2.34. The van der Waals surface area contributed by atoms with Crippen LogP contribution in [0.1, 0.15) is 24.0 Å². The Morgan fingerprint density at radius 2 is 1.38 bits per heavy atom. The molecule has 1 saturated heterocycles. The number of hydrogen-bond donors (Lipinski definition) is 0. The first kappa shape index (κ1) is 22.4. The molecule has 4 nitrogen and oxygen atoms in total. The van der Waals surface area contributed by atoms with Gasteiger partial charge in [-0.15, -0.1) is 0 Å². The fourth-order valence-electron chi connectivity index (χ4n) is 4.12. The van der Waals surface area contributed by atoms with Crippen molar-refractivity contribution in [2.45, 2.75) is 37.2 Å². The molecular formula is C25H26F2N2O2S. The zero-order valence-corrected chi connectivity index (χ0v) is 18.7. The Bertz CT molecular complexity index is 1140. The van der Waals surface area contributed by atoms with Crippen LogP contribution in [0.15, 0.2) is 77.7 Å². The Kier molecular flexibility index (Phi) is 6.58. The van der Waals surface area contributed by atoms with Crippen LogP contribution in [-0.4, -0.2) is 32.4 Å². The van der Waals surface area contributed by atoms with Crippen molar-refractivity contribution in [1.82, 2.24) is 4.90 Å². The number of sulfonamides is 1. The topological polar surface area (TPSA) is 40.6 Å². The van der Waals surface area contributed by atoms with Crippen LogP contribution in [0.5, 0.6) is 0 Å². The second kappa shape index (κ2) is 9.38. The summed E-state index contributed by atoms with van der Waals surface area (Å²) in [6.45, 7) is 4.36. The lowest BCUT2D eigenvalue weighted by molar-refractivity contribution is 0.206. The fourth-order valence-corrected chi connectivity index (χ4v) is 5.83. The molecular weight excluding hydrogens is 430 g/mol. The van der Waals surface area contributed by atoms with Crippen molar-refractivity contribution in [2.24, 2.45) is 0 Å². The molecule has 1 heterocycles. The Morgan fingerprint density at radius 3 is 1.94 bits per heavy atom. The van der Waals surface area contributed by atoms with Crippen molar-refractivity contribution in [1.29, 1.82) is 0 Å². The molecule has 0 amide bonds. The first-order chi connectivity index (χ1) is 15.3. The Labute approximate surface area is 188 Å². The van der Waals surface area contributed by atoms with E-state index in [-0.39, 0.29) is 10.9 Å².